The second kappa shape index (κ2) is 8.74. The van der Waals surface area contributed by atoms with E-state index in [-0.39, 0.29) is 29.6 Å². The largest absolute Gasteiger partial charge is 0.450 e. The van der Waals surface area contributed by atoms with Crippen molar-refractivity contribution in [1.82, 2.24) is 15.4 Å². The maximum absolute atomic E-state index is 12.5. The monoisotopic (exact) mass is 416 g/mol. The van der Waals surface area contributed by atoms with Crippen LogP contribution in [0.25, 0.3) is 0 Å². The molecular formula is C19H20N4O5S. The molecule has 0 spiro atoms. The molecule has 0 fully saturated rings. The van der Waals surface area contributed by atoms with Gasteiger partial charge in [-0.3, -0.25) is 9.52 Å². The first-order valence-electron chi connectivity index (χ1n) is 8.87. The van der Waals surface area contributed by atoms with Gasteiger partial charge in [-0.25, -0.2) is 18.2 Å². The quantitative estimate of drug-likeness (QED) is 0.660. The van der Waals surface area contributed by atoms with Crippen molar-refractivity contribution in [2.24, 2.45) is 4.99 Å². The summed E-state index contributed by atoms with van der Waals surface area (Å²) in [6.07, 6.45) is -0.625. The molecule has 9 nitrogen and oxygen atoms in total. The van der Waals surface area contributed by atoms with Gasteiger partial charge in [0.05, 0.1) is 18.3 Å². The number of nitrogens with zero attached hydrogens (tertiary/aromatic N) is 1. The molecule has 0 bridgehead atoms. The Morgan fingerprint density at radius 2 is 1.79 bits per heavy atom. The van der Waals surface area contributed by atoms with Crippen LogP contribution in [0.2, 0.25) is 0 Å². The molecule has 0 aliphatic carbocycles. The molecule has 1 heterocycles. The standard InChI is InChI=1S/C19H20N4O5S/c1-2-28-19(25)22-15(13-8-4-3-5-9-13)12-20-18(24)17-21-14-10-6-7-11-16(14)29(26,27)23-17/h3-11,15H,2,12H2,1H3,(H,20,24)(H,21,23)(H,22,25). The lowest BCUT2D eigenvalue weighted by Gasteiger charge is -2.21. The molecule has 2 aromatic carbocycles. The van der Waals surface area contributed by atoms with Gasteiger partial charge >= 0.3 is 6.09 Å². The predicted molar refractivity (Wildman–Crippen MR) is 106 cm³/mol. The van der Waals surface area contributed by atoms with Crippen LogP contribution in [0.1, 0.15) is 18.5 Å². The normalized spacial score (nSPS) is 15.1. The lowest BCUT2D eigenvalue weighted by Crippen LogP contribution is -2.46. The summed E-state index contributed by atoms with van der Waals surface area (Å²) in [4.78, 5) is 28.5. The average molecular weight is 416 g/mol. The van der Waals surface area contributed by atoms with Crippen LogP contribution in [-0.2, 0) is 19.6 Å². The number of amides is 2. The van der Waals surface area contributed by atoms with Gasteiger partial charge in [0, 0.05) is 6.54 Å². The van der Waals surface area contributed by atoms with Crippen molar-refractivity contribution < 1.29 is 22.7 Å². The Kier molecular flexibility index (Phi) is 6.13. The maximum atomic E-state index is 12.5. The minimum Gasteiger partial charge on any atom is -0.450 e. The number of aliphatic imine (C=N–C) groups is 1. The van der Waals surface area contributed by atoms with Crippen LogP contribution in [-0.4, -0.2) is 39.4 Å². The molecule has 1 unspecified atom stereocenters. The van der Waals surface area contributed by atoms with Crippen molar-refractivity contribution in [2.45, 2.75) is 17.9 Å². The average Bonchev–Trinajstić information content (AvgIpc) is 2.71. The molecular weight excluding hydrogens is 396 g/mol. The van der Waals surface area contributed by atoms with Crippen LogP contribution in [0, 0.1) is 0 Å². The van der Waals surface area contributed by atoms with Gasteiger partial charge < -0.3 is 15.4 Å². The van der Waals surface area contributed by atoms with Crippen molar-refractivity contribution in [3.63, 3.8) is 0 Å². The molecule has 2 amide bonds. The number of carbonyl (C=O) groups is 2. The number of rotatable bonds is 6. The third-order valence-corrected chi connectivity index (χ3v) is 5.46. The first-order chi connectivity index (χ1) is 13.9. The predicted octanol–water partition coefficient (Wildman–Crippen LogP) is 1.61. The smallest absolute Gasteiger partial charge is 0.407 e. The number of benzene rings is 2. The number of sulfonamides is 1. The molecule has 3 N–H and O–H groups in total. The Hall–Kier alpha value is -3.40. The Morgan fingerprint density at radius 1 is 1.10 bits per heavy atom. The number of alkyl carbamates (subject to hydrolysis) is 1. The van der Waals surface area contributed by atoms with Crippen LogP contribution >= 0.6 is 0 Å². The summed E-state index contributed by atoms with van der Waals surface area (Å²) in [5.74, 6) is -1.05. The number of ether oxygens (including phenoxy) is 1. The summed E-state index contributed by atoms with van der Waals surface area (Å²) in [6.45, 7) is 1.89. The lowest BCUT2D eigenvalue weighted by molar-refractivity contribution is -0.115. The Morgan fingerprint density at radius 3 is 2.52 bits per heavy atom. The molecule has 1 atom stereocenters. The molecule has 29 heavy (non-hydrogen) atoms. The van der Waals surface area contributed by atoms with E-state index in [2.05, 4.69) is 20.3 Å². The summed E-state index contributed by atoms with van der Waals surface area (Å²) in [6, 6.07) is 14.6. The number of carbonyl (C=O) groups excluding carboxylic acids is 2. The molecule has 1 aliphatic heterocycles. The second-order valence-corrected chi connectivity index (χ2v) is 7.72. The molecule has 0 saturated heterocycles. The molecule has 10 heteroatoms. The zero-order valence-electron chi connectivity index (χ0n) is 15.6. The molecule has 2 aromatic rings. The Labute approximate surface area is 168 Å². The number of hydrogen-bond acceptors (Lipinski definition) is 6. The van der Waals surface area contributed by atoms with Gasteiger partial charge in [-0.2, -0.15) is 0 Å². The number of nitrogens with one attached hydrogen (secondary N) is 3. The first kappa shape index (κ1) is 20.3. The Bertz CT molecular complexity index is 1040. The van der Waals surface area contributed by atoms with Gasteiger partial charge in [-0.1, -0.05) is 42.5 Å². The summed E-state index contributed by atoms with van der Waals surface area (Å²) in [5.41, 5.74) is 0.929. The third kappa shape index (κ3) is 4.91. The second-order valence-electron chi connectivity index (χ2n) is 6.07. The molecule has 0 radical (unpaired) electrons. The molecule has 0 saturated carbocycles. The highest BCUT2D eigenvalue weighted by atomic mass is 32.2. The first-order valence-corrected chi connectivity index (χ1v) is 10.4. The minimum atomic E-state index is -3.88. The molecule has 152 valence electrons. The zero-order chi connectivity index (χ0) is 20.9. The van der Waals surface area contributed by atoms with E-state index >= 15 is 0 Å². The molecule has 0 aromatic heterocycles. The fourth-order valence-electron chi connectivity index (χ4n) is 2.73. The van der Waals surface area contributed by atoms with Gasteiger partial charge in [0.1, 0.15) is 4.90 Å². The van der Waals surface area contributed by atoms with E-state index in [1.165, 1.54) is 12.1 Å². The topological polar surface area (TPSA) is 126 Å². The van der Waals surface area contributed by atoms with Gasteiger partial charge in [0.2, 0.25) is 5.84 Å². The maximum Gasteiger partial charge on any atom is 0.407 e. The highest BCUT2D eigenvalue weighted by Gasteiger charge is 2.28. The number of para-hydroxylation sites is 1. The van der Waals surface area contributed by atoms with Crippen molar-refractivity contribution >= 4 is 33.5 Å². The third-order valence-electron chi connectivity index (χ3n) is 4.07. The van der Waals surface area contributed by atoms with Crippen LogP contribution in [0.4, 0.5) is 10.5 Å². The highest BCUT2D eigenvalue weighted by Crippen LogP contribution is 2.26. The summed E-state index contributed by atoms with van der Waals surface area (Å²) in [7, 11) is -3.88. The zero-order valence-corrected chi connectivity index (χ0v) is 16.4. The van der Waals surface area contributed by atoms with Crippen LogP contribution in [0.5, 0.6) is 0 Å². The summed E-state index contributed by atoms with van der Waals surface area (Å²) in [5, 5.41) is 5.27. The van der Waals surface area contributed by atoms with Gasteiger partial charge in [-0.05, 0) is 24.6 Å². The fourth-order valence-corrected chi connectivity index (χ4v) is 3.88. The number of amidine groups is 1. The Balaban J connectivity index is 1.75. The van der Waals surface area contributed by atoms with E-state index in [0.717, 1.165) is 5.56 Å². The van der Waals surface area contributed by atoms with Gasteiger partial charge in [-0.15, -0.1) is 0 Å². The van der Waals surface area contributed by atoms with Gasteiger partial charge in [0.25, 0.3) is 15.9 Å². The van der Waals surface area contributed by atoms with Crippen LogP contribution < -0.4 is 15.4 Å². The van der Waals surface area contributed by atoms with Crippen molar-refractivity contribution in [3.05, 3.63) is 60.2 Å². The van der Waals surface area contributed by atoms with E-state index in [0.29, 0.717) is 0 Å². The van der Waals surface area contributed by atoms with E-state index in [9.17, 15) is 18.0 Å². The minimum absolute atomic E-state index is 0.00249. The summed E-state index contributed by atoms with van der Waals surface area (Å²) >= 11 is 0. The van der Waals surface area contributed by atoms with Crippen molar-refractivity contribution in [3.8, 4) is 0 Å². The van der Waals surface area contributed by atoms with Crippen LogP contribution in [0.15, 0.2) is 64.5 Å². The van der Waals surface area contributed by atoms with Crippen molar-refractivity contribution in [1.29, 1.82) is 0 Å². The SMILES string of the molecule is CCOC(=O)NC(CNC(=O)C1=Nc2ccccc2S(=O)(=O)N1)c1ccccc1. The van der Waals surface area contributed by atoms with E-state index in [1.807, 2.05) is 6.07 Å². The van der Waals surface area contributed by atoms with Gasteiger partial charge in [0.15, 0.2) is 0 Å². The van der Waals surface area contributed by atoms with Crippen LogP contribution in [0.3, 0.4) is 0 Å². The highest BCUT2D eigenvalue weighted by molar-refractivity contribution is 7.90. The van der Waals surface area contributed by atoms with E-state index < -0.39 is 28.1 Å². The van der Waals surface area contributed by atoms with E-state index in [4.69, 9.17) is 4.74 Å². The fraction of sp³-hybridized carbons (Fsp3) is 0.211. The number of fused-ring (bicyclic) bond motifs is 1. The molecule has 1 aliphatic rings. The lowest BCUT2D eigenvalue weighted by atomic mass is 10.1. The number of hydrogen-bond donors (Lipinski definition) is 3. The summed E-state index contributed by atoms with van der Waals surface area (Å²) < 4.78 is 31.7. The van der Waals surface area contributed by atoms with E-state index in [1.54, 1.807) is 43.3 Å². The molecule has 3 rings (SSSR count). The van der Waals surface area contributed by atoms with Crippen molar-refractivity contribution in [2.75, 3.05) is 13.2 Å².